The van der Waals surface area contributed by atoms with Crippen LogP contribution in [-0.2, 0) is 13.0 Å². The number of ether oxygens (including phenoxy) is 1. The Bertz CT molecular complexity index is 1610. The summed E-state index contributed by atoms with van der Waals surface area (Å²) >= 11 is 0. The molecule has 2 aromatic heterocycles. The van der Waals surface area contributed by atoms with Gasteiger partial charge < -0.3 is 14.6 Å². The molecule has 8 nitrogen and oxygen atoms in total. The summed E-state index contributed by atoms with van der Waals surface area (Å²) in [6, 6.07) is 23.8. The number of nitrogens with zero attached hydrogens (tertiary/aromatic N) is 5. The number of pyridine rings is 1. The molecule has 180 valence electrons. The topological polar surface area (TPSA) is 88.9 Å². The van der Waals surface area contributed by atoms with E-state index in [2.05, 4.69) is 49.7 Å². The molecule has 0 saturated carbocycles. The second-order valence-corrected chi connectivity index (χ2v) is 9.16. The van der Waals surface area contributed by atoms with Crippen LogP contribution in [-0.4, -0.2) is 38.8 Å². The number of H-pyrrole nitrogens is 1. The van der Waals surface area contributed by atoms with Crippen molar-refractivity contribution in [3.8, 4) is 5.75 Å². The molecule has 5 aromatic rings. The average Bonchev–Trinajstić information content (AvgIpc) is 3.53. The number of fused-ring (bicyclic) bond motifs is 2. The number of aromatic amines is 1. The summed E-state index contributed by atoms with van der Waals surface area (Å²) in [5, 5.41) is 13.8. The number of hydrogen-bond acceptors (Lipinski definition) is 6. The number of hydrogen-bond donors (Lipinski definition) is 1. The highest BCUT2D eigenvalue weighted by molar-refractivity contribution is 5.80. The van der Waals surface area contributed by atoms with Gasteiger partial charge in [-0.05, 0) is 76.2 Å². The minimum atomic E-state index is -0.448. The Kier molecular flexibility index (Phi) is 5.48. The summed E-state index contributed by atoms with van der Waals surface area (Å²) in [5.74, 6) is 1.42. The first-order valence-electron chi connectivity index (χ1n) is 12.0. The Labute approximate surface area is 208 Å². The van der Waals surface area contributed by atoms with E-state index in [1.165, 1.54) is 5.56 Å². The number of para-hydroxylation sites is 1. The lowest BCUT2D eigenvalue weighted by Crippen LogP contribution is -2.34. The van der Waals surface area contributed by atoms with Crippen molar-refractivity contribution in [1.29, 1.82) is 0 Å². The van der Waals surface area contributed by atoms with Gasteiger partial charge in [0.1, 0.15) is 11.8 Å². The van der Waals surface area contributed by atoms with Crippen LogP contribution < -0.4 is 15.2 Å². The van der Waals surface area contributed by atoms with E-state index >= 15 is 0 Å². The molecule has 1 aliphatic rings. The van der Waals surface area contributed by atoms with Gasteiger partial charge in [0.15, 0.2) is 5.82 Å². The molecule has 0 radical (unpaired) electrons. The predicted octanol–water partition coefficient (Wildman–Crippen LogP) is 4.03. The van der Waals surface area contributed by atoms with Crippen molar-refractivity contribution in [3.63, 3.8) is 0 Å². The van der Waals surface area contributed by atoms with Crippen LogP contribution in [0.5, 0.6) is 5.75 Å². The number of aromatic nitrogens is 5. The third-order valence-corrected chi connectivity index (χ3v) is 6.86. The fourth-order valence-electron chi connectivity index (χ4n) is 5.04. The fourth-order valence-corrected chi connectivity index (χ4v) is 5.04. The number of aryl methyl sites for hydroxylation is 1. The van der Waals surface area contributed by atoms with E-state index < -0.39 is 6.04 Å². The van der Waals surface area contributed by atoms with Crippen LogP contribution in [0.25, 0.3) is 10.9 Å². The van der Waals surface area contributed by atoms with Gasteiger partial charge in [-0.1, -0.05) is 42.5 Å². The van der Waals surface area contributed by atoms with E-state index in [1.807, 2.05) is 55.5 Å². The van der Waals surface area contributed by atoms with E-state index in [-0.39, 0.29) is 5.56 Å². The molecule has 0 fully saturated rings. The maximum Gasteiger partial charge on any atom is 0.254 e. The lowest BCUT2D eigenvalue weighted by atomic mass is 10.0. The lowest BCUT2D eigenvalue weighted by molar-refractivity contribution is 0.414. The molecule has 36 heavy (non-hydrogen) atoms. The molecular formula is C28H26N6O2. The lowest BCUT2D eigenvalue weighted by Gasteiger charge is -2.29. The Balaban J connectivity index is 1.49. The van der Waals surface area contributed by atoms with Crippen molar-refractivity contribution < 1.29 is 4.74 Å². The van der Waals surface area contributed by atoms with E-state index in [0.29, 0.717) is 17.9 Å². The summed E-state index contributed by atoms with van der Waals surface area (Å²) in [5.41, 5.74) is 5.79. The highest BCUT2D eigenvalue weighted by Gasteiger charge is 2.34. The summed E-state index contributed by atoms with van der Waals surface area (Å²) in [6.07, 6.45) is 0.900. The third kappa shape index (κ3) is 3.90. The Morgan fingerprint density at radius 1 is 1.06 bits per heavy atom. The number of tetrazole rings is 1. The number of nitrogens with one attached hydrogen (secondary N) is 1. The minimum Gasteiger partial charge on any atom is -0.497 e. The van der Waals surface area contributed by atoms with Crippen LogP contribution in [0, 0.1) is 6.92 Å². The Morgan fingerprint density at radius 3 is 2.72 bits per heavy atom. The van der Waals surface area contributed by atoms with Gasteiger partial charge in [0, 0.05) is 23.3 Å². The average molecular weight is 479 g/mol. The van der Waals surface area contributed by atoms with Gasteiger partial charge >= 0.3 is 0 Å². The number of methoxy groups -OCH3 is 1. The monoisotopic (exact) mass is 478 g/mol. The molecule has 0 amide bonds. The van der Waals surface area contributed by atoms with E-state index in [0.717, 1.165) is 46.4 Å². The third-order valence-electron chi connectivity index (χ3n) is 6.86. The zero-order chi connectivity index (χ0) is 24.6. The first-order chi connectivity index (χ1) is 17.6. The largest absolute Gasteiger partial charge is 0.497 e. The molecule has 0 spiro atoms. The zero-order valence-electron chi connectivity index (χ0n) is 20.2. The summed E-state index contributed by atoms with van der Waals surface area (Å²) in [4.78, 5) is 18.9. The second kappa shape index (κ2) is 8.96. The molecule has 1 atom stereocenters. The SMILES string of the molecule is COc1ccc(Cn2nnnc2C(c2cc3ccc(C)cc3[nH]c2=O)N2CCc3ccccc32)cc1. The van der Waals surface area contributed by atoms with Gasteiger partial charge in [0.05, 0.1) is 13.7 Å². The molecule has 0 aliphatic carbocycles. The van der Waals surface area contributed by atoms with Gasteiger partial charge in [-0.2, -0.15) is 0 Å². The fraction of sp³-hybridized carbons (Fsp3) is 0.214. The van der Waals surface area contributed by atoms with Crippen LogP contribution in [0.2, 0.25) is 0 Å². The molecule has 8 heteroatoms. The first kappa shape index (κ1) is 22.0. The Hall–Kier alpha value is -4.46. The van der Waals surface area contributed by atoms with Crippen LogP contribution in [0.3, 0.4) is 0 Å². The van der Waals surface area contributed by atoms with Crippen molar-refractivity contribution in [2.45, 2.75) is 25.9 Å². The van der Waals surface area contributed by atoms with Gasteiger partial charge in [0.2, 0.25) is 0 Å². The van der Waals surface area contributed by atoms with Crippen molar-refractivity contribution in [2.75, 3.05) is 18.6 Å². The number of rotatable bonds is 6. The van der Waals surface area contributed by atoms with Crippen molar-refractivity contribution in [3.05, 3.63) is 111 Å². The smallest absolute Gasteiger partial charge is 0.254 e. The highest BCUT2D eigenvalue weighted by Crippen LogP contribution is 2.37. The highest BCUT2D eigenvalue weighted by atomic mass is 16.5. The minimum absolute atomic E-state index is 0.138. The molecule has 3 aromatic carbocycles. The Morgan fingerprint density at radius 2 is 1.89 bits per heavy atom. The van der Waals surface area contributed by atoms with Crippen molar-refractivity contribution in [1.82, 2.24) is 25.2 Å². The molecular weight excluding hydrogens is 452 g/mol. The summed E-state index contributed by atoms with van der Waals surface area (Å²) < 4.78 is 7.07. The number of benzene rings is 3. The molecule has 1 N–H and O–H groups in total. The van der Waals surface area contributed by atoms with Gasteiger partial charge in [-0.15, -0.1) is 5.10 Å². The molecule has 6 rings (SSSR count). The van der Waals surface area contributed by atoms with E-state index in [4.69, 9.17) is 4.74 Å². The van der Waals surface area contributed by atoms with Crippen LogP contribution in [0.4, 0.5) is 5.69 Å². The van der Waals surface area contributed by atoms with Gasteiger partial charge in [0.25, 0.3) is 5.56 Å². The molecule has 0 bridgehead atoms. The van der Waals surface area contributed by atoms with Gasteiger partial charge in [-0.3, -0.25) is 4.79 Å². The van der Waals surface area contributed by atoms with Crippen LogP contribution in [0.1, 0.15) is 34.1 Å². The van der Waals surface area contributed by atoms with Crippen molar-refractivity contribution >= 4 is 16.6 Å². The summed E-state index contributed by atoms with van der Waals surface area (Å²) in [7, 11) is 1.65. The van der Waals surface area contributed by atoms with Gasteiger partial charge in [-0.25, -0.2) is 4.68 Å². The summed E-state index contributed by atoms with van der Waals surface area (Å²) in [6.45, 7) is 3.26. The van der Waals surface area contributed by atoms with Crippen molar-refractivity contribution in [2.24, 2.45) is 0 Å². The molecule has 1 aliphatic heterocycles. The molecule has 0 saturated heterocycles. The number of anilines is 1. The van der Waals surface area contributed by atoms with E-state index in [1.54, 1.807) is 11.8 Å². The quantitative estimate of drug-likeness (QED) is 0.396. The normalized spacial score (nSPS) is 13.7. The second-order valence-electron chi connectivity index (χ2n) is 9.16. The predicted molar refractivity (Wildman–Crippen MR) is 139 cm³/mol. The first-order valence-corrected chi connectivity index (χ1v) is 12.0. The van der Waals surface area contributed by atoms with Crippen LogP contribution >= 0.6 is 0 Å². The zero-order valence-corrected chi connectivity index (χ0v) is 20.2. The standard InChI is InChI=1S/C28H26N6O2/c1-18-7-10-21-16-23(28(35)29-24(21)15-18)26(33-14-13-20-5-3-4-6-25(20)33)27-30-31-32-34(27)17-19-8-11-22(36-2)12-9-19/h3-12,15-16,26H,13-14,17H2,1-2H3,(H,29,35). The molecule has 3 heterocycles. The maximum absolute atomic E-state index is 13.5. The van der Waals surface area contributed by atoms with E-state index in [9.17, 15) is 4.79 Å². The maximum atomic E-state index is 13.5. The molecule has 1 unspecified atom stereocenters. The van der Waals surface area contributed by atoms with Crippen LogP contribution in [0.15, 0.2) is 77.6 Å².